The molecule has 0 aliphatic heterocycles. The molecule has 3 aromatic carbocycles. The summed E-state index contributed by atoms with van der Waals surface area (Å²) in [6.45, 7) is 0.526. The second-order valence-electron chi connectivity index (χ2n) is 5.53. The lowest BCUT2D eigenvalue weighted by molar-refractivity contribution is -0.128. The molecule has 0 saturated heterocycles. The number of carbonyl (C=O) groups excluding carboxylic acids is 1. The molecule has 0 N–H and O–H groups in total. The van der Waals surface area contributed by atoms with Gasteiger partial charge in [0.05, 0.1) is 3.57 Å². The van der Waals surface area contributed by atoms with Gasteiger partial charge < -0.3 is 9.47 Å². The van der Waals surface area contributed by atoms with E-state index in [0.29, 0.717) is 12.4 Å². The summed E-state index contributed by atoms with van der Waals surface area (Å²) in [6.07, 6.45) is 3.14. The highest BCUT2D eigenvalue weighted by molar-refractivity contribution is 14.1. The molecule has 130 valence electrons. The SMILES string of the molecule is O=C(C=Cc1ccc(OCc2ccccc2)cc1)Oc1ccccc1I. The lowest BCUT2D eigenvalue weighted by Gasteiger charge is -2.06. The summed E-state index contributed by atoms with van der Waals surface area (Å²) >= 11 is 2.13. The molecule has 0 unspecified atom stereocenters. The Bertz CT molecular complexity index is 887. The van der Waals surface area contributed by atoms with E-state index in [1.807, 2.05) is 72.8 Å². The number of hydrogen-bond acceptors (Lipinski definition) is 3. The zero-order valence-electron chi connectivity index (χ0n) is 14.0. The normalized spacial score (nSPS) is 10.7. The van der Waals surface area contributed by atoms with E-state index in [-0.39, 0.29) is 0 Å². The summed E-state index contributed by atoms with van der Waals surface area (Å²) in [6, 6.07) is 25.0. The van der Waals surface area contributed by atoms with Gasteiger partial charge in [-0.25, -0.2) is 4.79 Å². The molecule has 3 aromatic rings. The predicted molar refractivity (Wildman–Crippen MR) is 111 cm³/mol. The van der Waals surface area contributed by atoms with Gasteiger partial charge in [-0.3, -0.25) is 0 Å². The van der Waals surface area contributed by atoms with Gasteiger partial charge in [-0.15, -0.1) is 0 Å². The molecular weight excluding hydrogens is 439 g/mol. The van der Waals surface area contributed by atoms with Crippen LogP contribution in [0.5, 0.6) is 11.5 Å². The number of hydrogen-bond donors (Lipinski definition) is 0. The average Bonchev–Trinajstić information content (AvgIpc) is 2.68. The van der Waals surface area contributed by atoms with Crippen LogP contribution >= 0.6 is 22.6 Å². The zero-order chi connectivity index (χ0) is 18.2. The summed E-state index contributed by atoms with van der Waals surface area (Å²) < 4.78 is 12.0. The minimum absolute atomic E-state index is 0.404. The maximum Gasteiger partial charge on any atom is 0.336 e. The van der Waals surface area contributed by atoms with Gasteiger partial charge in [0.15, 0.2) is 0 Å². The van der Waals surface area contributed by atoms with E-state index < -0.39 is 5.97 Å². The Morgan fingerprint density at radius 3 is 2.31 bits per heavy atom. The van der Waals surface area contributed by atoms with Crippen LogP contribution in [0.3, 0.4) is 0 Å². The Kier molecular flexibility index (Phi) is 6.44. The van der Waals surface area contributed by atoms with Crippen LogP contribution < -0.4 is 9.47 Å². The Morgan fingerprint density at radius 2 is 1.58 bits per heavy atom. The van der Waals surface area contributed by atoms with Gasteiger partial charge in [0.1, 0.15) is 18.1 Å². The number of carbonyl (C=O) groups is 1. The lowest BCUT2D eigenvalue weighted by atomic mass is 10.2. The molecule has 0 atom stereocenters. The molecule has 0 aliphatic carbocycles. The van der Waals surface area contributed by atoms with Crippen molar-refractivity contribution in [2.24, 2.45) is 0 Å². The molecule has 4 heteroatoms. The molecule has 0 fully saturated rings. The minimum Gasteiger partial charge on any atom is -0.489 e. The van der Waals surface area contributed by atoms with Crippen molar-refractivity contribution in [2.75, 3.05) is 0 Å². The number of halogens is 1. The summed E-state index contributed by atoms with van der Waals surface area (Å²) in [5.41, 5.74) is 2.02. The van der Waals surface area contributed by atoms with E-state index in [1.54, 1.807) is 12.1 Å². The average molecular weight is 456 g/mol. The van der Waals surface area contributed by atoms with Gasteiger partial charge in [0.25, 0.3) is 0 Å². The quantitative estimate of drug-likeness (QED) is 0.213. The molecule has 0 bridgehead atoms. The third kappa shape index (κ3) is 5.46. The van der Waals surface area contributed by atoms with Crippen LogP contribution in [0.25, 0.3) is 6.08 Å². The first-order valence-electron chi connectivity index (χ1n) is 8.12. The first-order chi connectivity index (χ1) is 12.7. The van der Waals surface area contributed by atoms with Crippen molar-refractivity contribution in [1.29, 1.82) is 0 Å². The van der Waals surface area contributed by atoms with Crippen molar-refractivity contribution in [3.8, 4) is 11.5 Å². The van der Waals surface area contributed by atoms with Gasteiger partial charge in [0, 0.05) is 6.08 Å². The van der Waals surface area contributed by atoms with Crippen molar-refractivity contribution in [2.45, 2.75) is 6.61 Å². The molecule has 0 amide bonds. The summed E-state index contributed by atoms with van der Waals surface area (Å²) in [7, 11) is 0. The smallest absolute Gasteiger partial charge is 0.336 e. The zero-order valence-corrected chi connectivity index (χ0v) is 16.1. The molecule has 0 saturated carbocycles. The molecule has 0 aliphatic rings. The maximum absolute atomic E-state index is 11.9. The number of para-hydroxylation sites is 1. The highest BCUT2D eigenvalue weighted by atomic mass is 127. The number of rotatable bonds is 6. The number of esters is 1. The Balaban J connectivity index is 1.54. The first-order valence-corrected chi connectivity index (χ1v) is 9.20. The van der Waals surface area contributed by atoms with Crippen molar-refractivity contribution < 1.29 is 14.3 Å². The molecule has 0 radical (unpaired) electrons. The maximum atomic E-state index is 11.9. The predicted octanol–water partition coefficient (Wildman–Crippen LogP) is 5.49. The molecule has 3 rings (SSSR count). The fourth-order valence-corrected chi connectivity index (χ4v) is 2.75. The van der Waals surface area contributed by atoms with E-state index in [2.05, 4.69) is 22.6 Å². The monoisotopic (exact) mass is 456 g/mol. The van der Waals surface area contributed by atoms with Gasteiger partial charge in [-0.2, -0.15) is 0 Å². The summed E-state index contributed by atoms with van der Waals surface area (Å²) in [5.74, 6) is 0.943. The Hall–Kier alpha value is -2.60. The number of ether oxygens (including phenoxy) is 2. The van der Waals surface area contributed by atoms with Crippen molar-refractivity contribution in [3.05, 3.63) is 99.6 Å². The second kappa shape index (κ2) is 9.20. The number of benzene rings is 3. The standard InChI is InChI=1S/C22H17IO3/c23-20-8-4-5-9-21(20)26-22(24)15-12-17-10-13-19(14-11-17)25-16-18-6-2-1-3-7-18/h1-15H,16H2. The molecular formula is C22H17IO3. The van der Waals surface area contributed by atoms with E-state index in [9.17, 15) is 4.79 Å². The van der Waals surface area contributed by atoms with Crippen LogP contribution in [0, 0.1) is 3.57 Å². The van der Waals surface area contributed by atoms with E-state index in [0.717, 1.165) is 20.4 Å². The summed E-state index contributed by atoms with van der Waals surface area (Å²) in [5, 5.41) is 0. The fraction of sp³-hybridized carbons (Fsp3) is 0.0455. The van der Waals surface area contributed by atoms with Gasteiger partial charge in [-0.1, -0.05) is 54.6 Å². The van der Waals surface area contributed by atoms with Crippen molar-refractivity contribution in [1.82, 2.24) is 0 Å². The molecule has 0 heterocycles. The first kappa shape index (κ1) is 18.2. The highest BCUT2D eigenvalue weighted by Crippen LogP contribution is 2.20. The Labute approximate surface area is 166 Å². The van der Waals surface area contributed by atoms with E-state index in [1.165, 1.54) is 6.08 Å². The lowest BCUT2D eigenvalue weighted by Crippen LogP contribution is -2.04. The largest absolute Gasteiger partial charge is 0.489 e. The fourth-order valence-electron chi connectivity index (χ4n) is 2.25. The van der Waals surface area contributed by atoms with Crippen LogP contribution in [0.1, 0.15) is 11.1 Å². The van der Waals surface area contributed by atoms with Crippen LogP contribution in [0.2, 0.25) is 0 Å². The third-order valence-corrected chi connectivity index (χ3v) is 4.48. The molecule has 0 aromatic heterocycles. The van der Waals surface area contributed by atoms with Crippen molar-refractivity contribution >= 4 is 34.6 Å². The van der Waals surface area contributed by atoms with Crippen molar-refractivity contribution in [3.63, 3.8) is 0 Å². The summed E-state index contributed by atoms with van der Waals surface area (Å²) in [4.78, 5) is 11.9. The van der Waals surface area contributed by atoms with Crippen LogP contribution in [-0.4, -0.2) is 5.97 Å². The van der Waals surface area contributed by atoms with Crippen LogP contribution in [0.15, 0.2) is 84.9 Å². The Morgan fingerprint density at radius 1 is 0.885 bits per heavy atom. The van der Waals surface area contributed by atoms with E-state index >= 15 is 0 Å². The van der Waals surface area contributed by atoms with E-state index in [4.69, 9.17) is 9.47 Å². The molecule has 26 heavy (non-hydrogen) atoms. The van der Waals surface area contributed by atoms with Gasteiger partial charge in [0.2, 0.25) is 0 Å². The highest BCUT2D eigenvalue weighted by Gasteiger charge is 2.04. The van der Waals surface area contributed by atoms with Crippen LogP contribution in [0.4, 0.5) is 0 Å². The minimum atomic E-state index is -0.404. The van der Waals surface area contributed by atoms with Gasteiger partial charge >= 0.3 is 5.97 Å². The third-order valence-electron chi connectivity index (χ3n) is 3.59. The second-order valence-corrected chi connectivity index (χ2v) is 6.69. The molecule has 0 spiro atoms. The van der Waals surface area contributed by atoms with Crippen LogP contribution in [-0.2, 0) is 11.4 Å². The molecule has 3 nitrogen and oxygen atoms in total. The topological polar surface area (TPSA) is 35.5 Å². The van der Waals surface area contributed by atoms with Gasteiger partial charge in [-0.05, 0) is 64.1 Å².